The van der Waals surface area contributed by atoms with Crippen LogP contribution in [0.1, 0.15) is 12.8 Å². The van der Waals surface area contributed by atoms with Gasteiger partial charge in [0.25, 0.3) is 0 Å². The molecular weight excluding hydrogens is 478 g/mol. The third-order valence-electron chi connectivity index (χ3n) is 4.18. The van der Waals surface area contributed by atoms with E-state index in [4.69, 9.17) is 51.3 Å². The highest BCUT2D eigenvalue weighted by Gasteiger charge is 2.32. The van der Waals surface area contributed by atoms with Gasteiger partial charge < -0.3 is 68.4 Å². The molecule has 0 saturated heterocycles. The summed E-state index contributed by atoms with van der Waals surface area (Å²) in [7, 11) is 1.31. The minimum absolute atomic E-state index is 0. The van der Waals surface area contributed by atoms with Crippen LogP contribution in [0.4, 0.5) is 0 Å². The van der Waals surface area contributed by atoms with Crippen LogP contribution in [-0.4, -0.2) is 125 Å². The molecule has 1 unspecified atom stereocenters. The Morgan fingerprint density at radius 2 is 1.20 bits per heavy atom. The predicted octanol–water partition coefficient (Wildman–Crippen LogP) is -3.14. The summed E-state index contributed by atoms with van der Waals surface area (Å²) in [4.78, 5) is 29.7. The van der Waals surface area contributed by atoms with Crippen LogP contribution in [0.3, 0.4) is 0 Å². The number of carbonyl (C=O) groups excluding carboxylic acids is 1. The third kappa shape index (κ3) is 20.8. The van der Waals surface area contributed by atoms with E-state index in [1.54, 1.807) is 0 Å². The first-order chi connectivity index (χ1) is 15.4. The summed E-state index contributed by atoms with van der Waals surface area (Å²) in [5.41, 5.74) is 2.68. The smallest absolute Gasteiger partial charge is 0.329 e. The number of aliphatic carboxylic acids is 2. The highest BCUT2D eigenvalue weighted by molar-refractivity contribution is 5.80. The largest absolute Gasteiger partial charge is 0.481 e. The minimum Gasteiger partial charge on any atom is -0.481 e. The summed E-state index contributed by atoms with van der Waals surface area (Å²) in [5.74, 6) is -2.59. The van der Waals surface area contributed by atoms with E-state index in [-0.39, 0.29) is 38.4 Å². The molecule has 0 radical (unpaired) electrons. The number of ether oxygens (including phenoxy) is 2. The standard InChI is InChI=1S/C10H22O7.C5H9NO4.C4H6O2.2H3N/c11-1-9(2-12,3-13)7-17-8-10(4-14,5-15)6-16;6-3(5(9)10)1-2-4(7)8;1-3-4(5)6-2;;/h11-16H,1-8H2;3H,1-2,6H2,(H,7,8)(H,9,10);3H,1H2,2H3;2*1H3. The molecule has 0 fully saturated rings. The molecule has 212 valence electrons. The number of esters is 1. The Morgan fingerprint density at radius 3 is 1.37 bits per heavy atom. The zero-order valence-corrected chi connectivity index (χ0v) is 20.0. The Kier molecular flexibility index (Phi) is 30.5. The Balaban J connectivity index is -0.000000142. The van der Waals surface area contributed by atoms with Crippen molar-refractivity contribution in [1.29, 1.82) is 0 Å². The van der Waals surface area contributed by atoms with Crippen LogP contribution in [0.15, 0.2) is 12.7 Å². The SMILES string of the molecule is C=CC(=O)OC.N.N.NC(CCC(=O)O)C(=O)O.OCC(CO)(CO)COCC(CO)(CO)CO. The topological polar surface area (TPSA) is 328 Å². The average Bonchev–Trinajstić information content (AvgIpc) is 2.83. The number of aliphatic hydroxyl groups excluding tert-OH is 6. The van der Waals surface area contributed by atoms with E-state index in [1.165, 1.54) is 7.11 Å². The van der Waals surface area contributed by atoms with Crippen LogP contribution < -0.4 is 18.0 Å². The van der Waals surface area contributed by atoms with E-state index in [9.17, 15) is 14.4 Å². The van der Waals surface area contributed by atoms with Gasteiger partial charge in [0.15, 0.2) is 0 Å². The maximum atomic E-state index is 9.99. The molecule has 0 bridgehead atoms. The van der Waals surface area contributed by atoms with E-state index in [0.717, 1.165) is 6.08 Å². The average molecular weight is 522 g/mol. The molecule has 0 heterocycles. The molecule has 0 saturated carbocycles. The molecule has 0 aromatic heterocycles. The van der Waals surface area contributed by atoms with Crippen molar-refractivity contribution in [3.8, 4) is 0 Å². The number of aliphatic hydroxyl groups is 6. The van der Waals surface area contributed by atoms with Gasteiger partial charge in [-0.15, -0.1) is 0 Å². The molecule has 0 spiro atoms. The van der Waals surface area contributed by atoms with Crippen molar-refractivity contribution in [3.05, 3.63) is 12.7 Å². The molecule has 0 aliphatic rings. The number of nitrogens with two attached hydrogens (primary N) is 1. The summed E-state index contributed by atoms with van der Waals surface area (Å²) < 4.78 is 9.29. The van der Waals surface area contributed by atoms with Gasteiger partial charge in [-0.3, -0.25) is 9.59 Å². The first-order valence-electron chi connectivity index (χ1n) is 9.56. The van der Waals surface area contributed by atoms with Gasteiger partial charge in [-0.05, 0) is 6.42 Å². The molecule has 1 atom stereocenters. The van der Waals surface area contributed by atoms with Crippen LogP contribution in [0.2, 0.25) is 0 Å². The maximum Gasteiger partial charge on any atom is 0.329 e. The van der Waals surface area contributed by atoms with Crippen LogP contribution >= 0.6 is 0 Å². The number of rotatable bonds is 15. The van der Waals surface area contributed by atoms with E-state index in [1.807, 2.05) is 0 Å². The molecule has 16 N–H and O–H groups in total. The van der Waals surface area contributed by atoms with E-state index in [0.29, 0.717) is 0 Å². The lowest BCUT2D eigenvalue weighted by Gasteiger charge is -2.31. The van der Waals surface area contributed by atoms with Crippen LogP contribution in [0.5, 0.6) is 0 Å². The van der Waals surface area contributed by atoms with Crippen molar-refractivity contribution < 1.29 is 64.7 Å². The number of carboxylic acid groups (broad SMARTS) is 2. The fourth-order valence-corrected chi connectivity index (χ4v) is 1.54. The molecule has 0 rings (SSSR count). The van der Waals surface area contributed by atoms with Crippen LogP contribution in [0, 0.1) is 10.8 Å². The quantitative estimate of drug-likeness (QED) is 0.0748. The summed E-state index contributed by atoms with van der Waals surface area (Å²) in [6.45, 7) is 0.152. The number of hydrogen-bond donors (Lipinski definition) is 11. The molecule has 0 aromatic carbocycles. The summed E-state index contributed by atoms with van der Waals surface area (Å²) in [5, 5.41) is 70.4. The molecule has 0 aliphatic carbocycles. The first kappa shape index (κ1) is 42.9. The highest BCUT2D eigenvalue weighted by Crippen LogP contribution is 2.19. The van der Waals surface area contributed by atoms with Gasteiger partial charge in [0.2, 0.25) is 0 Å². The minimum atomic E-state index is -1.17. The monoisotopic (exact) mass is 521 g/mol. The number of hydrogen-bond acceptors (Lipinski definition) is 14. The van der Waals surface area contributed by atoms with Crippen LogP contribution in [0.25, 0.3) is 0 Å². The van der Waals surface area contributed by atoms with Gasteiger partial charge >= 0.3 is 17.9 Å². The second-order valence-corrected chi connectivity index (χ2v) is 7.05. The summed E-state index contributed by atoms with van der Waals surface area (Å²) >= 11 is 0. The lowest BCUT2D eigenvalue weighted by atomic mass is 9.91. The zero-order chi connectivity index (χ0) is 26.5. The number of carbonyl (C=O) groups is 3. The van der Waals surface area contributed by atoms with Gasteiger partial charge in [-0.1, -0.05) is 6.58 Å². The van der Waals surface area contributed by atoms with Crippen molar-refractivity contribution in [2.75, 3.05) is 60.0 Å². The second-order valence-electron chi connectivity index (χ2n) is 7.05. The Hall–Kier alpha value is -2.25. The van der Waals surface area contributed by atoms with Gasteiger partial charge in [0.1, 0.15) is 6.04 Å². The summed E-state index contributed by atoms with van der Waals surface area (Å²) in [6, 6.07) is -1.06. The normalized spacial score (nSPS) is 11.1. The van der Waals surface area contributed by atoms with Crippen molar-refractivity contribution in [2.45, 2.75) is 18.9 Å². The van der Waals surface area contributed by atoms with Crippen LogP contribution in [-0.2, 0) is 23.9 Å². The molecule has 35 heavy (non-hydrogen) atoms. The predicted molar refractivity (Wildman–Crippen MR) is 123 cm³/mol. The second kappa shape index (κ2) is 24.9. The van der Waals surface area contributed by atoms with E-state index < -0.39 is 74.4 Å². The fourth-order valence-electron chi connectivity index (χ4n) is 1.54. The Labute approximate surface area is 203 Å². The molecular formula is C19H43N3O13. The zero-order valence-electron chi connectivity index (χ0n) is 20.0. The molecule has 0 aliphatic heterocycles. The molecule has 0 amide bonds. The van der Waals surface area contributed by atoms with Crippen molar-refractivity contribution in [2.24, 2.45) is 16.6 Å². The van der Waals surface area contributed by atoms with E-state index >= 15 is 0 Å². The summed E-state index contributed by atoms with van der Waals surface area (Å²) in [6.07, 6.45) is 0.887. The lowest BCUT2D eigenvalue weighted by molar-refractivity contribution is -0.140. The Morgan fingerprint density at radius 1 is 0.857 bits per heavy atom. The highest BCUT2D eigenvalue weighted by atomic mass is 16.5. The van der Waals surface area contributed by atoms with Crippen molar-refractivity contribution in [3.63, 3.8) is 0 Å². The fraction of sp³-hybridized carbons (Fsp3) is 0.737. The molecule has 16 nitrogen and oxygen atoms in total. The van der Waals surface area contributed by atoms with E-state index in [2.05, 4.69) is 11.3 Å². The maximum absolute atomic E-state index is 9.99. The first-order valence-corrected chi connectivity index (χ1v) is 9.56. The molecule has 0 aromatic rings. The van der Waals surface area contributed by atoms with Gasteiger partial charge in [-0.25, -0.2) is 4.79 Å². The molecule has 16 heteroatoms. The van der Waals surface area contributed by atoms with Crippen molar-refractivity contribution in [1.82, 2.24) is 12.3 Å². The van der Waals surface area contributed by atoms with Gasteiger partial charge in [0.05, 0.1) is 70.8 Å². The van der Waals surface area contributed by atoms with Gasteiger partial charge in [0, 0.05) is 12.5 Å². The number of carboxylic acids is 2. The lowest BCUT2D eigenvalue weighted by Crippen LogP contribution is -2.43. The van der Waals surface area contributed by atoms with Crippen molar-refractivity contribution >= 4 is 17.9 Å². The van der Waals surface area contributed by atoms with Gasteiger partial charge in [-0.2, -0.15) is 0 Å². The number of methoxy groups -OCH3 is 1. The Bertz CT molecular complexity index is 520. The third-order valence-corrected chi connectivity index (χ3v) is 4.18.